The molecular formula is C19H38N2. The maximum absolute atomic E-state index is 6.29. The molecule has 0 radical (unpaired) electrons. The van der Waals surface area contributed by atoms with Crippen LogP contribution in [-0.4, -0.2) is 30.1 Å². The third kappa shape index (κ3) is 5.25. The molecule has 0 saturated heterocycles. The lowest BCUT2D eigenvalue weighted by Crippen LogP contribution is -2.50. The zero-order valence-electron chi connectivity index (χ0n) is 14.5. The van der Waals surface area contributed by atoms with Crippen molar-refractivity contribution in [2.45, 2.75) is 96.6 Å². The van der Waals surface area contributed by atoms with Crippen LogP contribution in [0.3, 0.4) is 0 Å². The van der Waals surface area contributed by atoms with Gasteiger partial charge in [0.2, 0.25) is 0 Å². The Labute approximate surface area is 132 Å². The highest BCUT2D eigenvalue weighted by Crippen LogP contribution is 2.32. The second-order valence-electron chi connectivity index (χ2n) is 7.91. The van der Waals surface area contributed by atoms with E-state index in [0.29, 0.717) is 6.04 Å². The van der Waals surface area contributed by atoms with Crippen LogP contribution in [-0.2, 0) is 0 Å². The zero-order valence-corrected chi connectivity index (χ0v) is 14.5. The van der Waals surface area contributed by atoms with Gasteiger partial charge in [-0.3, -0.25) is 4.90 Å². The summed E-state index contributed by atoms with van der Waals surface area (Å²) in [5, 5.41) is 0. The van der Waals surface area contributed by atoms with Crippen molar-refractivity contribution in [1.29, 1.82) is 0 Å². The molecule has 1 atom stereocenters. The molecule has 0 bridgehead atoms. The standard InChI is InChI=1S/C19H38N2/c1-16(2)13-14-21(18-11-7-8-12-18)19(15-20)17-9-5-3-4-6-10-17/h16-19H,3-15,20H2,1-2H3. The zero-order chi connectivity index (χ0) is 15.1. The van der Waals surface area contributed by atoms with Gasteiger partial charge in [0, 0.05) is 18.6 Å². The molecule has 2 rings (SSSR count). The molecule has 2 fully saturated rings. The van der Waals surface area contributed by atoms with Gasteiger partial charge in [0.25, 0.3) is 0 Å². The van der Waals surface area contributed by atoms with Crippen LogP contribution in [0.4, 0.5) is 0 Å². The van der Waals surface area contributed by atoms with Gasteiger partial charge in [-0.25, -0.2) is 0 Å². The minimum atomic E-state index is 0.657. The topological polar surface area (TPSA) is 29.3 Å². The average Bonchev–Trinajstić information content (AvgIpc) is 2.86. The molecule has 2 heteroatoms. The van der Waals surface area contributed by atoms with E-state index in [1.54, 1.807) is 0 Å². The molecule has 2 saturated carbocycles. The van der Waals surface area contributed by atoms with Crippen molar-refractivity contribution in [3.63, 3.8) is 0 Å². The Bertz CT molecular complexity index is 263. The summed E-state index contributed by atoms with van der Waals surface area (Å²) in [4.78, 5) is 2.86. The van der Waals surface area contributed by atoms with Crippen LogP contribution >= 0.6 is 0 Å². The first kappa shape index (κ1) is 17.3. The van der Waals surface area contributed by atoms with Gasteiger partial charge in [0.05, 0.1) is 0 Å². The van der Waals surface area contributed by atoms with Gasteiger partial charge in [-0.05, 0) is 50.5 Å². The molecule has 21 heavy (non-hydrogen) atoms. The van der Waals surface area contributed by atoms with Gasteiger partial charge >= 0.3 is 0 Å². The largest absolute Gasteiger partial charge is 0.329 e. The molecule has 0 aliphatic heterocycles. The highest BCUT2D eigenvalue weighted by atomic mass is 15.2. The van der Waals surface area contributed by atoms with Gasteiger partial charge in [0.15, 0.2) is 0 Å². The third-order valence-corrected chi connectivity index (χ3v) is 5.87. The predicted molar refractivity (Wildman–Crippen MR) is 92.5 cm³/mol. The van der Waals surface area contributed by atoms with Gasteiger partial charge in [-0.1, -0.05) is 52.4 Å². The van der Waals surface area contributed by atoms with Crippen molar-refractivity contribution < 1.29 is 0 Å². The Hall–Kier alpha value is -0.0800. The van der Waals surface area contributed by atoms with Gasteiger partial charge < -0.3 is 5.73 Å². The molecule has 0 spiro atoms. The Kier molecular flexibility index (Phi) is 7.53. The summed E-state index contributed by atoms with van der Waals surface area (Å²) in [5.41, 5.74) is 6.29. The maximum atomic E-state index is 6.29. The monoisotopic (exact) mass is 294 g/mol. The Morgan fingerprint density at radius 3 is 2.00 bits per heavy atom. The molecule has 2 N–H and O–H groups in total. The van der Waals surface area contributed by atoms with E-state index in [0.717, 1.165) is 24.4 Å². The summed E-state index contributed by atoms with van der Waals surface area (Å²) >= 11 is 0. The molecule has 1 unspecified atom stereocenters. The molecule has 2 nitrogen and oxygen atoms in total. The summed E-state index contributed by atoms with van der Waals surface area (Å²) in [6.07, 6.45) is 15.7. The van der Waals surface area contributed by atoms with Crippen LogP contribution in [0.1, 0.15) is 84.5 Å². The molecule has 0 aromatic carbocycles. The van der Waals surface area contributed by atoms with E-state index in [1.165, 1.54) is 77.2 Å². The fraction of sp³-hybridized carbons (Fsp3) is 1.00. The van der Waals surface area contributed by atoms with Crippen molar-refractivity contribution in [2.75, 3.05) is 13.1 Å². The van der Waals surface area contributed by atoms with Crippen molar-refractivity contribution >= 4 is 0 Å². The van der Waals surface area contributed by atoms with Crippen molar-refractivity contribution in [1.82, 2.24) is 4.90 Å². The molecule has 0 aromatic rings. The quantitative estimate of drug-likeness (QED) is 0.697. The first-order valence-electron chi connectivity index (χ1n) is 9.68. The minimum Gasteiger partial charge on any atom is -0.329 e. The van der Waals surface area contributed by atoms with Crippen molar-refractivity contribution in [2.24, 2.45) is 17.6 Å². The van der Waals surface area contributed by atoms with E-state index in [4.69, 9.17) is 5.73 Å². The van der Waals surface area contributed by atoms with Crippen LogP contribution in [0, 0.1) is 11.8 Å². The molecule has 2 aliphatic carbocycles. The number of nitrogens with two attached hydrogens (primary N) is 1. The predicted octanol–water partition coefficient (Wildman–Crippen LogP) is 4.57. The number of rotatable bonds is 7. The van der Waals surface area contributed by atoms with Crippen LogP contribution < -0.4 is 5.73 Å². The Balaban J connectivity index is 2.02. The van der Waals surface area contributed by atoms with E-state index >= 15 is 0 Å². The first-order chi connectivity index (χ1) is 10.2. The SMILES string of the molecule is CC(C)CCN(C1CCCC1)C(CN)C1CCCCCC1. The summed E-state index contributed by atoms with van der Waals surface area (Å²) in [6, 6.07) is 1.49. The first-order valence-corrected chi connectivity index (χ1v) is 9.68. The lowest BCUT2D eigenvalue weighted by molar-refractivity contribution is 0.0846. The summed E-state index contributed by atoms with van der Waals surface area (Å²) in [5.74, 6) is 1.67. The van der Waals surface area contributed by atoms with E-state index in [2.05, 4.69) is 18.7 Å². The Morgan fingerprint density at radius 1 is 0.905 bits per heavy atom. The lowest BCUT2D eigenvalue weighted by Gasteiger charge is -2.40. The minimum absolute atomic E-state index is 0.657. The molecular weight excluding hydrogens is 256 g/mol. The number of hydrogen-bond donors (Lipinski definition) is 1. The third-order valence-electron chi connectivity index (χ3n) is 5.87. The van der Waals surface area contributed by atoms with E-state index in [-0.39, 0.29) is 0 Å². The molecule has 0 aromatic heterocycles. The van der Waals surface area contributed by atoms with Gasteiger partial charge in [0.1, 0.15) is 0 Å². The fourth-order valence-electron chi connectivity index (χ4n) is 4.56. The number of hydrogen-bond acceptors (Lipinski definition) is 2. The second kappa shape index (κ2) is 9.15. The molecule has 124 valence electrons. The van der Waals surface area contributed by atoms with Crippen LogP contribution in [0.15, 0.2) is 0 Å². The second-order valence-corrected chi connectivity index (χ2v) is 7.91. The Morgan fingerprint density at radius 2 is 1.48 bits per heavy atom. The normalized spacial score (nSPS) is 23.9. The van der Waals surface area contributed by atoms with Crippen LogP contribution in [0.5, 0.6) is 0 Å². The summed E-state index contributed by atoms with van der Waals surface area (Å²) < 4.78 is 0. The highest BCUT2D eigenvalue weighted by molar-refractivity contribution is 4.88. The van der Waals surface area contributed by atoms with E-state index < -0.39 is 0 Å². The summed E-state index contributed by atoms with van der Waals surface area (Å²) in [6.45, 7) is 6.87. The molecule has 0 amide bonds. The van der Waals surface area contributed by atoms with Crippen LogP contribution in [0.25, 0.3) is 0 Å². The number of nitrogens with zero attached hydrogens (tertiary/aromatic N) is 1. The van der Waals surface area contributed by atoms with Crippen LogP contribution in [0.2, 0.25) is 0 Å². The molecule has 2 aliphatic rings. The lowest BCUT2D eigenvalue weighted by atomic mass is 9.89. The smallest absolute Gasteiger partial charge is 0.0249 e. The molecule has 0 heterocycles. The highest BCUT2D eigenvalue weighted by Gasteiger charge is 2.32. The summed E-state index contributed by atoms with van der Waals surface area (Å²) in [7, 11) is 0. The van der Waals surface area contributed by atoms with Gasteiger partial charge in [-0.2, -0.15) is 0 Å². The fourth-order valence-corrected chi connectivity index (χ4v) is 4.56. The van der Waals surface area contributed by atoms with E-state index in [1.807, 2.05) is 0 Å². The van der Waals surface area contributed by atoms with Crippen molar-refractivity contribution in [3.05, 3.63) is 0 Å². The van der Waals surface area contributed by atoms with Gasteiger partial charge in [-0.15, -0.1) is 0 Å². The van der Waals surface area contributed by atoms with Crippen molar-refractivity contribution in [3.8, 4) is 0 Å². The maximum Gasteiger partial charge on any atom is 0.0249 e. The van der Waals surface area contributed by atoms with E-state index in [9.17, 15) is 0 Å². The average molecular weight is 295 g/mol.